The van der Waals surface area contributed by atoms with Crippen molar-refractivity contribution < 1.29 is 18.7 Å². The number of aryl methyl sites for hydroxylation is 1. The molecule has 2 heterocycles. The molecule has 1 aliphatic heterocycles. The second kappa shape index (κ2) is 9.76. The lowest BCUT2D eigenvalue weighted by Crippen LogP contribution is -2.29. The second-order valence-electron chi connectivity index (χ2n) is 8.10. The Bertz CT molecular complexity index is 1470. The normalized spacial score (nSPS) is 12.2. The van der Waals surface area contributed by atoms with Crippen LogP contribution >= 0.6 is 11.6 Å². The zero-order chi connectivity index (χ0) is 24.4. The van der Waals surface area contributed by atoms with E-state index in [0.717, 1.165) is 5.56 Å². The maximum Gasteiger partial charge on any atom is 0.273 e. The number of carbonyl (C=O) groups is 1. The van der Waals surface area contributed by atoms with E-state index in [1.165, 1.54) is 16.7 Å². The van der Waals surface area contributed by atoms with Gasteiger partial charge in [-0.2, -0.15) is 0 Å². The summed E-state index contributed by atoms with van der Waals surface area (Å²) >= 11 is 6.20. The zero-order valence-electron chi connectivity index (χ0n) is 18.6. The predicted octanol–water partition coefficient (Wildman–Crippen LogP) is 4.22. The van der Waals surface area contributed by atoms with Gasteiger partial charge >= 0.3 is 0 Å². The predicted molar refractivity (Wildman–Crippen MR) is 129 cm³/mol. The number of ether oxygens (including phenoxy) is 2. The van der Waals surface area contributed by atoms with E-state index in [1.807, 2.05) is 18.2 Å². The van der Waals surface area contributed by atoms with Crippen molar-refractivity contribution in [2.75, 3.05) is 6.79 Å². The van der Waals surface area contributed by atoms with E-state index < -0.39 is 5.82 Å². The summed E-state index contributed by atoms with van der Waals surface area (Å²) in [5.41, 5.74) is 2.08. The first-order valence-electron chi connectivity index (χ1n) is 11.1. The lowest BCUT2D eigenvalue weighted by molar-refractivity contribution is -0.121. The molecule has 9 heteroatoms. The Morgan fingerprint density at radius 3 is 2.77 bits per heavy atom. The fourth-order valence-corrected chi connectivity index (χ4v) is 4.20. The van der Waals surface area contributed by atoms with Gasteiger partial charge in [0.1, 0.15) is 11.5 Å². The Hall–Kier alpha value is -3.91. The topological polar surface area (TPSA) is 82.5 Å². The molecule has 0 atom stereocenters. The highest BCUT2D eigenvalue weighted by Gasteiger charge is 2.17. The molecule has 7 nitrogen and oxygen atoms in total. The summed E-state index contributed by atoms with van der Waals surface area (Å²) in [6.07, 6.45) is 0.216. The van der Waals surface area contributed by atoms with Gasteiger partial charge in [-0.05, 0) is 42.0 Å². The first kappa shape index (κ1) is 22.9. The van der Waals surface area contributed by atoms with E-state index in [1.54, 1.807) is 30.3 Å². The number of nitrogens with zero attached hydrogens (tertiary/aromatic N) is 2. The van der Waals surface area contributed by atoms with Crippen LogP contribution in [0.25, 0.3) is 11.0 Å². The van der Waals surface area contributed by atoms with Crippen molar-refractivity contribution in [1.29, 1.82) is 0 Å². The SMILES string of the molecule is O=C(CCc1nc2ccccc2n(Cc2c(F)cccc2Cl)c1=O)NCc1ccc2c(c1)OCO2. The first-order valence-corrected chi connectivity index (χ1v) is 11.4. The van der Waals surface area contributed by atoms with Crippen molar-refractivity contribution in [2.45, 2.75) is 25.9 Å². The first-order chi connectivity index (χ1) is 17.0. The van der Waals surface area contributed by atoms with Crippen LogP contribution in [0.15, 0.2) is 65.5 Å². The molecule has 0 aliphatic carbocycles. The molecule has 5 rings (SSSR count). The molecule has 0 spiro atoms. The number of rotatable bonds is 7. The molecule has 0 saturated carbocycles. The summed E-state index contributed by atoms with van der Waals surface area (Å²) in [5, 5.41) is 3.09. The van der Waals surface area contributed by atoms with Crippen molar-refractivity contribution in [2.24, 2.45) is 0 Å². The van der Waals surface area contributed by atoms with Crippen molar-refractivity contribution in [1.82, 2.24) is 14.9 Å². The van der Waals surface area contributed by atoms with E-state index in [2.05, 4.69) is 10.3 Å². The average molecular weight is 494 g/mol. The van der Waals surface area contributed by atoms with Crippen LogP contribution in [0.2, 0.25) is 5.02 Å². The lowest BCUT2D eigenvalue weighted by Gasteiger charge is -2.14. The maximum absolute atomic E-state index is 14.4. The average Bonchev–Trinajstić information content (AvgIpc) is 3.33. The van der Waals surface area contributed by atoms with Crippen LogP contribution in [0.4, 0.5) is 4.39 Å². The molecular formula is C26H21ClFN3O4. The van der Waals surface area contributed by atoms with Gasteiger partial charge in [0.05, 0.1) is 17.6 Å². The number of benzene rings is 3. The highest BCUT2D eigenvalue weighted by molar-refractivity contribution is 6.31. The Kier molecular flexibility index (Phi) is 6.37. The summed E-state index contributed by atoms with van der Waals surface area (Å²) < 4.78 is 26.5. The molecule has 1 aromatic heterocycles. The number of nitrogens with one attached hydrogen (secondary N) is 1. The molecule has 0 saturated heterocycles. The Morgan fingerprint density at radius 2 is 1.91 bits per heavy atom. The third kappa shape index (κ3) is 4.83. The quantitative estimate of drug-likeness (QED) is 0.417. The van der Waals surface area contributed by atoms with Crippen molar-refractivity contribution in [3.05, 3.63) is 98.7 Å². The molecule has 1 aliphatic rings. The standard InChI is InChI=1S/C26H21ClFN3O4/c27-18-4-3-5-19(28)17(18)14-31-22-7-2-1-6-20(22)30-21(26(31)33)9-11-25(32)29-13-16-8-10-23-24(12-16)35-15-34-23/h1-8,10,12H,9,11,13-15H2,(H,29,32). The summed E-state index contributed by atoms with van der Waals surface area (Å²) in [4.78, 5) is 30.3. The fourth-order valence-electron chi connectivity index (χ4n) is 3.98. The summed E-state index contributed by atoms with van der Waals surface area (Å²) in [6.45, 7) is 0.456. The van der Waals surface area contributed by atoms with Gasteiger partial charge < -0.3 is 19.4 Å². The van der Waals surface area contributed by atoms with Crippen LogP contribution in [0.1, 0.15) is 23.2 Å². The third-order valence-electron chi connectivity index (χ3n) is 5.81. The number of carbonyl (C=O) groups excluding carboxylic acids is 1. The van der Waals surface area contributed by atoms with Crippen LogP contribution in [0, 0.1) is 5.82 Å². The highest BCUT2D eigenvalue weighted by atomic mass is 35.5. The molecule has 0 fully saturated rings. The van der Waals surface area contributed by atoms with Crippen molar-refractivity contribution in [3.8, 4) is 11.5 Å². The summed E-state index contributed by atoms with van der Waals surface area (Å²) in [5.74, 6) is 0.610. The Balaban J connectivity index is 1.33. The van der Waals surface area contributed by atoms with Gasteiger partial charge in [0, 0.05) is 30.0 Å². The molecule has 3 aromatic carbocycles. The molecule has 35 heavy (non-hydrogen) atoms. The maximum atomic E-state index is 14.4. The molecular weight excluding hydrogens is 473 g/mol. The Morgan fingerprint density at radius 1 is 1.09 bits per heavy atom. The molecule has 4 aromatic rings. The van der Waals surface area contributed by atoms with E-state index in [4.69, 9.17) is 21.1 Å². The molecule has 1 amide bonds. The van der Waals surface area contributed by atoms with Crippen LogP contribution in [-0.2, 0) is 24.3 Å². The minimum atomic E-state index is -0.491. The Labute approximate surface area is 205 Å². The second-order valence-corrected chi connectivity index (χ2v) is 8.51. The molecule has 178 valence electrons. The molecule has 1 N–H and O–H groups in total. The van der Waals surface area contributed by atoms with Gasteiger partial charge in [0.25, 0.3) is 5.56 Å². The lowest BCUT2D eigenvalue weighted by atomic mass is 10.1. The van der Waals surface area contributed by atoms with Crippen molar-refractivity contribution >= 4 is 28.5 Å². The van der Waals surface area contributed by atoms with Crippen LogP contribution < -0.4 is 20.3 Å². The van der Waals surface area contributed by atoms with Crippen LogP contribution in [-0.4, -0.2) is 22.3 Å². The number of para-hydroxylation sites is 2. The van der Waals surface area contributed by atoms with Gasteiger partial charge in [-0.15, -0.1) is 0 Å². The fraction of sp³-hybridized carbons (Fsp3) is 0.192. The van der Waals surface area contributed by atoms with Crippen LogP contribution in [0.5, 0.6) is 11.5 Å². The van der Waals surface area contributed by atoms with Crippen molar-refractivity contribution in [3.63, 3.8) is 0 Å². The smallest absolute Gasteiger partial charge is 0.273 e. The van der Waals surface area contributed by atoms with Gasteiger partial charge in [-0.3, -0.25) is 9.59 Å². The molecule has 0 unspecified atom stereocenters. The van der Waals surface area contributed by atoms with Crippen LogP contribution in [0.3, 0.4) is 0 Å². The number of hydrogen-bond donors (Lipinski definition) is 1. The zero-order valence-corrected chi connectivity index (χ0v) is 19.3. The van der Waals surface area contributed by atoms with E-state index in [-0.39, 0.29) is 53.9 Å². The number of aromatic nitrogens is 2. The number of halogens is 2. The van der Waals surface area contributed by atoms with Gasteiger partial charge in [-0.25, -0.2) is 9.37 Å². The van der Waals surface area contributed by atoms with E-state index in [9.17, 15) is 14.0 Å². The minimum Gasteiger partial charge on any atom is -0.454 e. The number of hydrogen-bond acceptors (Lipinski definition) is 5. The number of amides is 1. The molecule has 0 radical (unpaired) electrons. The highest BCUT2D eigenvalue weighted by Crippen LogP contribution is 2.32. The van der Waals surface area contributed by atoms with Gasteiger partial charge in [-0.1, -0.05) is 35.9 Å². The van der Waals surface area contributed by atoms with Gasteiger partial charge in [0.2, 0.25) is 12.7 Å². The van der Waals surface area contributed by atoms with E-state index >= 15 is 0 Å². The summed E-state index contributed by atoms with van der Waals surface area (Å²) in [6, 6.07) is 17.0. The number of fused-ring (bicyclic) bond motifs is 2. The summed E-state index contributed by atoms with van der Waals surface area (Å²) in [7, 11) is 0. The third-order valence-corrected chi connectivity index (χ3v) is 6.17. The van der Waals surface area contributed by atoms with E-state index in [0.29, 0.717) is 29.1 Å². The monoisotopic (exact) mass is 493 g/mol. The largest absolute Gasteiger partial charge is 0.454 e. The molecule has 0 bridgehead atoms. The van der Waals surface area contributed by atoms with Gasteiger partial charge in [0.15, 0.2) is 11.5 Å². The minimum absolute atomic E-state index is 0.0450.